The van der Waals surface area contributed by atoms with Crippen LogP contribution < -0.4 is 5.43 Å². The van der Waals surface area contributed by atoms with Crippen molar-refractivity contribution in [3.8, 4) is 0 Å². The molecule has 0 aliphatic carbocycles. The molecule has 7 heteroatoms. The number of amides is 1. The van der Waals surface area contributed by atoms with Gasteiger partial charge in [0.25, 0.3) is 5.91 Å². The number of carbonyl (C=O) groups excluding carboxylic acids is 1. The normalized spacial score (nSPS) is 10.9. The average molecular weight is 358 g/mol. The van der Waals surface area contributed by atoms with Gasteiger partial charge < -0.3 is 4.42 Å². The molecule has 0 radical (unpaired) electrons. The van der Waals surface area contributed by atoms with Crippen molar-refractivity contribution in [1.29, 1.82) is 0 Å². The van der Waals surface area contributed by atoms with Crippen LogP contribution in [-0.4, -0.2) is 17.1 Å². The molecule has 2 aromatic heterocycles. The molecule has 5 nitrogen and oxygen atoms in total. The van der Waals surface area contributed by atoms with Gasteiger partial charge in [0.1, 0.15) is 5.76 Å². The summed E-state index contributed by atoms with van der Waals surface area (Å²) in [5.74, 6) is 0.208. The van der Waals surface area contributed by atoms with Crippen LogP contribution in [0.3, 0.4) is 0 Å². The second kappa shape index (κ2) is 7.81. The zero-order valence-corrected chi connectivity index (χ0v) is 13.9. The fraction of sp³-hybridized carbons (Fsp3) is 0. The summed E-state index contributed by atoms with van der Waals surface area (Å²) in [4.78, 5) is 16.7. The largest absolute Gasteiger partial charge is 0.448 e. The highest BCUT2D eigenvalue weighted by Gasteiger charge is 2.05. The summed E-state index contributed by atoms with van der Waals surface area (Å²) < 4.78 is 5.62. The molecule has 3 rings (SSSR count). The minimum absolute atomic E-state index is 0.332. The molecular formula is C17H12ClN3O2S. The van der Waals surface area contributed by atoms with Crippen LogP contribution >= 0.6 is 23.4 Å². The van der Waals surface area contributed by atoms with Crippen molar-refractivity contribution in [3.05, 3.63) is 77.3 Å². The molecule has 0 saturated carbocycles. The van der Waals surface area contributed by atoms with E-state index in [4.69, 9.17) is 16.0 Å². The lowest BCUT2D eigenvalue weighted by Crippen LogP contribution is -2.17. The van der Waals surface area contributed by atoms with Crippen LogP contribution in [0.25, 0.3) is 0 Å². The van der Waals surface area contributed by atoms with Gasteiger partial charge in [-0.2, -0.15) is 5.10 Å². The Kier molecular flexibility index (Phi) is 5.30. The standard InChI is InChI=1S/C17H12ClN3O2S/c18-13-3-6-15(7-4-13)24-16-8-5-14(23-16)11-20-21-17(22)12-2-1-9-19-10-12/h1-11H,(H,21,22)/b20-11-. The number of furan rings is 1. The Hall–Kier alpha value is -2.57. The molecule has 0 unspecified atom stereocenters. The van der Waals surface area contributed by atoms with Crippen LogP contribution in [0.5, 0.6) is 0 Å². The van der Waals surface area contributed by atoms with Crippen LogP contribution in [0.15, 0.2) is 80.4 Å². The maximum atomic E-state index is 11.8. The fourth-order valence-electron chi connectivity index (χ4n) is 1.79. The summed E-state index contributed by atoms with van der Waals surface area (Å²) in [6.45, 7) is 0. The third-order valence-electron chi connectivity index (χ3n) is 2.92. The number of hydrogen-bond donors (Lipinski definition) is 1. The van der Waals surface area contributed by atoms with Gasteiger partial charge in [-0.15, -0.1) is 0 Å². The van der Waals surface area contributed by atoms with E-state index >= 15 is 0 Å². The average Bonchev–Trinajstić information content (AvgIpc) is 3.05. The lowest BCUT2D eigenvalue weighted by Gasteiger charge is -1.98. The smallest absolute Gasteiger partial charge is 0.272 e. The second-order valence-electron chi connectivity index (χ2n) is 4.65. The summed E-state index contributed by atoms with van der Waals surface area (Å²) in [5.41, 5.74) is 2.86. The molecule has 0 saturated heterocycles. The number of benzene rings is 1. The highest BCUT2D eigenvalue weighted by molar-refractivity contribution is 7.99. The van der Waals surface area contributed by atoms with E-state index in [1.54, 1.807) is 24.4 Å². The molecule has 24 heavy (non-hydrogen) atoms. The van der Waals surface area contributed by atoms with E-state index in [-0.39, 0.29) is 5.91 Å². The third kappa shape index (κ3) is 4.47. The first-order valence-electron chi connectivity index (χ1n) is 6.97. The molecule has 0 aliphatic rings. The second-order valence-corrected chi connectivity index (χ2v) is 6.17. The van der Waals surface area contributed by atoms with E-state index in [2.05, 4.69) is 15.5 Å². The molecule has 3 aromatic rings. The van der Waals surface area contributed by atoms with Gasteiger partial charge in [-0.25, -0.2) is 5.43 Å². The first-order chi connectivity index (χ1) is 11.7. The van der Waals surface area contributed by atoms with Crippen LogP contribution in [0.1, 0.15) is 16.1 Å². The quantitative estimate of drug-likeness (QED) is 0.547. The molecule has 0 fully saturated rings. The van der Waals surface area contributed by atoms with Crippen LogP contribution in [0, 0.1) is 0 Å². The predicted octanol–water partition coefficient (Wildman–Crippen LogP) is 4.24. The molecular weight excluding hydrogens is 346 g/mol. The lowest BCUT2D eigenvalue weighted by molar-refractivity contribution is 0.0954. The van der Waals surface area contributed by atoms with Crippen molar-refractivity contribution in [1.82, 2.24) is 10.4 Å². The van der Waals surface area contributed by atoms with Crippen LogP contribution in [0.2, 0.25) is 5.02 Å². The summed E-state index contributed by atoms with van der Waals surface area (Å²) in [6.07, 6.45) is 4.52. The van der Waals surface area contributed by atoms with E-state index in [1.165, 1.54) is 24.2 Å². The minimum atomic E-state index is -0.332. The molecule has 1 aromatic carbocycles. The van der Waals surface area contributed by atoms with E-state index in [0.29, 0.717) is 16.3 Å². The Morgan fingerprint density at radius 3 is 2.79 bits per heavy atom. The molecule has 120 valence electrons. The van der Waals surface area contributed by atoms with Gasteiger partial charge in [0.2, 0.25) is 0 Å². The van der Waals surface area contributed by atoms with Crippen molar-refractivity contribution < 1.29 is 9.21 Å². The topological polar surface area (TPSA) is 67.5 Å². The molecule has 1 amide bonds. The van der Waals surface area contributed by atoms with Gasteiger partial charge in [0, 0.05) is 22.3 Å². The number of hydrazone groups is 1. The number of aromatic nitrogens is 1. The zero-order valence-electron chi connectivity index (χ0n) is 12.3. The van der Waals surface area contributed by atoms with Crippen molar-refractivity contribution in [2.45, 2.75) is 9.99 Å². The molecule has 1 N–H and O–H groups in total. The van der Waals surface area contributed by atoms with E-state index in [1.807, 2.05) is 30.3 Å². The summed E-state index contributed by atoms with van der Waals surface area (Å²) >= 11 is 7.33. The van der Waals surface area contributed by atoms with Crippen molar-refractivity contribution >= 4 is 35.5 Å². The molecule has 0 aliphatic heterocycles. The molecule has 0 atom stereocenters. The highest BCUT2D eigenvalue weighted by Crippen LogP contribution is 2.29. The van der Waals surface area contributed by atoms with Gasteiger partial charge in [0.05, 0.1) is 11.8 Å². The highest BCUT2D eigenvalue weighted by atomic mass is 35.5. The first-order valence-corrected chi connectivity index (χ1v) is 8.17. The maximum Gasteiger partial charge on any atom is 0.272 e. The van der Waals surface area contributed by atoms with E-state index < -0.39 is 0 Å². The Morgan fingerprint density at radius 1 is 1.21 bits per heavy atom. The number of nitrogens with zero attached hydrogens (tertiary/aromatic N) is 2. The number of pyridine rings is 1. The fourth-order valence-corrected chi connectivity index (χ4v) is 2.70. The lowest BCUT2D eigenvalue weighted by atomic mass is 10.3. The van der Waals surface area contributed by atoms with Crippen molar-refractivity contribution in [2.75, 3.05) is 0 Å². The maximum absolute atomic E-state index is 11.8. The Labute approximate surface area is 147 Å². The van der Waals surface area contributed by atoms with Gasteiger partial charge in [-0.05, 0) is 48.5 Å². The SMILES string of the molecule is O=C(N/N=C\c1ccc(Sc2ccc(Cl)cc2)o1)c1cccnc1. The number of rotatable bonds is 5. The van der Waals surface area contributed by atoms with Crippen molar-refractivity contribution in [2.24, 2.45) is 5.10 Å². The van der Waals surface area contributed by atoms with E-state index in [0.717, 1.165) is 9.99 Å². The minimum Gasteiger partial charge on any atom is -0.448 e. The number of nitrogens with one attached hydrogen (secondary N) is 1. The number of halogens is 1. The Balaban J connectivity index is 1.57. The van der Waals surface area contributed by atoms with Gasteiger partial charge >= 0.3 is 0 Å². The number of carbonyl (C=O) groups is 1. The van der Waals surface area contributed by atoms with Gasteiger partial charge in [-0.1, -0.05) is 23.4 Å². The first kappa shape index (κ1) is 16.3. The van der Waals surface area contributed by atoms with Crippen LogP contribution in [0.4, 0.5) is 0 Å². The number of hydrogen-bond acceptors (Lipinski definition) is 5. The Bertz CT molecular complexity index is 848. The van der Waals surface area contributed by atoms with Gasteiger partial charge in [0.15, 0.2) is 5.09 Å². The van der Waals surface area contributed by atoms with Crippen molar-refractivity contribution in [3.63, 3.8) is 0 Å². The van der Waals surface area contributed by atoms with Crippen LogP contribution in [-0.2, 0) is 0 Å². The molecule has 0 bridgehead atoms. The monoisotopic (exact) mass is 357 g/mol. The predicted molar refractivity (Wildman–Crippen MR) is 93.6 cm³/mol. The molecule has 2 heterocycles. The Morgan fingerprint density at radius 2 is 2.04 bits per heavy atom. The van der Waals surface area contributed by atoms with Gasteiger partial charge in [-0.3, -0.25) is 9.78 Å². The van der Waals surface area contributed by atoms with E-state index in [9.17, 15) is 4.79 Å². The molecule has 0 spiro atoms. The summed E-state index contributed by atoms with van der Waals surface area (Å²) in [5, 5.41) is 5.29. The zero-order chi connectivity index (χ0) is 16.8. The summed E-state index contributed by atoms with van der Waals surface area (Å²) in [7, 11) is 0. The summed E-state index contributed by atoms with van der Waals surface area (Å²) in [6, 6.07) is 14.4. The third-order valence-corrected chi connectivity index (χ3v) is 4.10.